The van der Waals surface area contributed by atoms with Crippen LogP contribution >= 0.6 is 0 Å². The maximum Gasteiger partial charge on any atom is 0.331 e. The van der Waals surface area contributed by atoms with Crippen molar-refractivity contribution >= 4 is 5.97 Å². The van der Waals surface area contributed by atoms with Crippen LogP contribution in [0.25, 0.3) is 0 Å². The molecule has 0 radical (unpaired) electrons. The predicted molar refractivity (Wildman–Crippen MR) is 74.1 cm³/mol. The SMILES string of the molecule is CCCCC/C(C)=C\C(=O)OCc1ccccc1. The lowest BCUT2D eigenvalue weighted by atomic mass is 10.1. The van der Waals surface area contributed by atoms with Gasteiger partial charge in [-0.2, -0.15) is 0 Å². The molecular formula is C16H22O2. The van der Waals surface area contributed by atoms with Gasteiger partial charge in [0.1, 0.15) is 6.61 Å². The summed E-state index contributed by atoms with van der Waals surface area (Å²) in [6.45, 7) is 4.50. The van der Waals surface area contributed by atoms with Gasteiger partial charge in [-0.05, 0) is 25.3 Å². The molecule has 0 heterocycles. The molecule has 1 aromatic rings. The molecule has 0 bridgehead atoms. The number of carbonyl (C=O) groups excluding carboxylic acids is 1. The van der Waals surface area contributed by atoms with Gasteiger partial charge in [-0.25, -0.2) is 4.79 Å². The topological polar surface area (TPSA) is 26.3 Å². The van der Waals surface area contributed by atoms with E-state index in [4.69, 9.17) is 4.74 Å². The standard InChI is InChI=1S/C16H22O2/c1-3-4-6-9-14(2)12-16(17)18-13-15-10-7-5-8-11-15/h5,7-8,10-12H,3-4,6,9,13H2,1-2H3/b14-12-. The molecule has 2 heteroatoms. The molecule has 0 aliphatic rings. The van der Waals surface area contributed by atoms with Gasteiger partial charge >= 0.3 is 5.97 Å². The zero-order valence-corrected chi connectivity index (χ0v) is 11.3. The second kappa shape index (κ2) is 8.51. The van der Waals surface area contributed by atoms with Gasteiger partial charge in [-0.15, -0.1) is 0 Å². The minimum Gasteiger partial charge on any atom is -0.458 e. The quantitative estimate of drug-likeness (QED) is 0.408. The van der Waals surface area contributed by atoms with Crippen LogP contribution in [0.15, 0.2) is 42.0 Å². The molecule has 0 aliphatic heterocycles. The van der Waals surface area contributed by atoms with E-state index in [1.54, 1.807) is 6.08 Å². The summed E-state index contributed by atoms with van der Waals surface area (Å²) in [5.74, 6) is -0.243. The lowest BCUT2D eigenvalue weighted by Crippen LogP contribution is -2.01. The Labute approximate surface area is 110 Å². The van der Waals surface area contributed by atoms with Gasteiger partial charge in [0.25, 0.3) is 0 Å². The smallest absolute Gasteiger partial charge is 0.331 e. The van der Waals surface area contributed by atoms with E-state index in [0.717, 1.165) is 24.0 Å². The van der Waals surface area contributed by atoms with Crippen molar-refractivity contribution in [1.82, 2.24) is 0 Å². The van der Waals surface area contributed by atoms with Crippen molar-refractivity contribution in [1.29, 1.82) is 0 Å². The first-order valence-corrected chi connectivity index (χ1v) is 6.60. The molecule has 0 atom stereocenters. The minimum atomic E-state index is -0.243. The highest BCUT2D eigenvalue weighted by Crippen LogP contribution is 2.08. The highest BCUT2D eigenvalue weighted by atomic mass is 16.5. The molecule has 1 aromatic carbocycles. The summed E-state index contributed by atoms with van der Waals surface area (Å²) in [7, 11) is 0. The largest absolute Gasteiger partial charge is 0.458 e. The summed E-state index contributed by atoms with van der Waals surface area (Å²) in [5.41, 5.74) is 2.12. The van der Waals surface area contributed by atoms with Gasteiger partial charge < -0.3 is 4.74 Å². The van der Waals surface area contributed by atoms with Crippen molar-refractivity contribution in [3.63, 3.8) is 0 Å². The molecule has 0 N–H and O–H groups in total. The molecular weight excluding hydrogens is 224 g/mol. The summed E-state index contributed by atoms with van der Waals surface area (Å²) in [6.07, 6.45) is 6.15. The van der Waals surface area contributed by atoms with E-state index in [2.05, 4.69) is 6.92 Å². The molecule has 2 nitrogen and oxygen atoms in total. The number of unbranched alkanes of at least 4 members (excludes halogenated alkanes) is 2. The van der Waals surface area contributed by atoms with Crippen LogP contribution in [0.3, 0.4) is 0 Å². The molecule has 1 rings (SSSR count). The molecule has 0 fully saturated rings. The Kier molecular flexibility index (Phi) is 6.85. The van der Waals surface area contributed by atoms with Crippen molar-refractivity contribution in [3.8, 4) is 0 Å². The Morgan fingerprint density at radius 2 is 1.94 bits per heavy atom. The van der Waals surface area contributed by atoms with Crippen LogP contribution in [0.4, 0.5) is 0 Å². The average Bonchev–Trinajstić information content (AvgIpc) is 2.38. The van der Waals surface area contributed by atoms with E-state index in [9.17, 15) is 4.79 Å². The van der Waals surface area contributed by atoms with Crippen LogP contribution in [-0.4, -0.2) is 5.97 Å². The normalized spacial score (nSPS) is 11.3. The molecule has 0 amide bonds. The molecule has 18 heavy (non-hydrogen) atoms. The highest BCUT2D eigenvalue weighted by molar-refractivity contribution is 5.82. The third-order valence-corrected chi connectivity index (χ3v) is 2.76. The van der Waals surface area contributed by atoms with Crippen LogP contribution in [0.2, 0.25) is 0 Å². The van der Waals surface area contributed by atoms with Gasteiger partial charge in [0.15, 0.2) is 0 Å². The predicted octanol–water partition coefficient (Wildman–Crippen LogP) is 4.26. The van der Waals surface area contributed by atoms with E-state index < -0.39 is 0 Å². The maximum atomic E-state index is 11.6. The third-order valence-electron chi connectivity index (χ3n) is 2.76. The monoisotopic (exact) mass is 246 g/mol. The number of hydrogen-bond acceptors (Lipinski definition) is 2. The number of allylic oxidation sites excluding steroid dienone is 1. The van der Waals surface area contributed by atoms with E-state index in [0.29, 0.717) is 6.61 Å². The van der Waals surface area contributed by atoms with E-state index >= 15 is 0 Å². The summed E-state index contributed by atoms with van der Waals surface area (Å²) in [5, 5.41) is 0. The molecule has 0 aromatic heterocycles. The molecule has 0 aliphatic carbocycles. The summed E-state index contributed by atoms with van der Waals surface area (Å²) < 4.78 is 5.19. The first-order valence-electron chi connectivity index (χ1n) is 6.60. The summed E-state index contributed by atoms with van der Waals surface area (Å²) in [6, 6.07) is 9.73. The Morgan fingerprint density at radius 3 is 2.61 bits per heavy atom. The Morgan fingerprint density at radius 1 is 1.22 bits per heavy atom. The number of esters is 1. The Balaban J connectivity index is 2.30. The first kappa shape index (κ1) is 14.5. The highest BCUT2D eigenvalue weighted by Gasteiger charge is 2.00. The molecule has 0 saturated carbocycles. The second-order valence-corrected chi connectivity index (χ2v) is 4.54. The first-order chi connectivity index (χ1) is 8.72. The number of benzene rings is 1. The fourth-order valence-corrected chi connectivity index (χ4v) is 1.70. The van der Waals surface area contributed by atoms with Crippen molar-refractivity contribution in [2.45, 2.75) is 46.1 Å². The van der Waals surface area contributed by atoms with Crippen LogP contribution in [0.1, 0.15) is 45.1 Å². The summed E-state index contributed by atoms with van der Waals surface area (Å²) >= 11 is 0. The van der Waals surface area contributed by atoms with Crippen molar-refractivity contribution < 1.29 is 9.53 Å². The zero-order chi connectivity index (χ0) is 13.2. The van der Waals surface area contributed by atoms with Crippen molar-refractivity contribution in [3.05, 3.63) is 47.5 Å². The lowest BCUT2D eigenvalue weighted by molar-refractivity contribution is -0.139. The molecule has 0 saturated heterocycles. The Bertz CT molecular complexity index is 379. The van der Waals surface area contributed by atoms with Gasteiger partial charge in [0, 0.05) is 6.08 Å². The van der Waals surface area contributed by atoms with E-state index in [1.165, 1.54) is 12.8 Å². The zero-order valence-electron chi connectivity index (χ0n) is 11.3. The molecule has 0 spiro atoms. The summed E-state index contributed by atoms with van der Waals surface area (Å²) in [4.78, 5) is 11.6. The number of rotatable bonds is 7. The minimum absolute atomic E-state index is 0.243. The van der Waals surface area contributed by atoms with Gasteiger partial charge in [-0.3, -0.25) is 0 Å². The van der Waals surface area contributed by atoms with Gasteiger partial charge in [0.2, 0.25) is 0 Å². The van der Waals surface area contributed by atoms with Crippen molar-refractivity contribution in [2.24, 2.45) is 0 Å². The van der Waals surface area contributed by atoms with Gasteiger partial charge in [0.05, 0.1) is 0 Å². The molecule has 0 unspecified atom stereocenters. The fraction of sp³-hybridized carbons (Fsp3) is 0.438. The van der Waals surface area contributed by atoms with Crippen molar-refractivity contribution in [2.75, 3.05) is 0 Å². The average molecular weight is 246 g/mol. The maximum absolute atomic E-state index is 11.6. The fourth-order valence-electron chi connectivity index (χ4n) is 1.70. The van der Waals surface area contributed by atoms with Crippen LogP contribution in [0.5, 0.6) is 0 Å². The second-order valence-electron chi connectivity index (χ2n) is 4.54. The van der Waals surface area contributed by atoms with E-state index in [1.807, 2.05) is 37.3 Å². The number of hydrogen-bond donors (Lipinski definition) is 0. The Hall–Kier alpha value is -1.57. The third kappa shape index (κ3) is 6.24. The number of ether oxygens (including phenoxy) is 1. The van der Waals surface area contributed by atoms with Gasteiger partial charge in [-0.1, -0.05) is 55.7 Å². The van der Waals surface area contributed by atoms with E-state index in [-0.39, 0.29) is 5.97 Å². The van der Waals surface area contributed by atoms with Crippen LogP contribution < -0.4 is 0 Å². The number of carbonyl (C=O) groups is 1. The van der Waals surface area contributed by atoms with Crippen LogP contribution in [-0.2, 0) is 16.1 Å². The molecule has 98 valence electrons. The van der Waals surface area contributed by atoms with Crippen LogP contribution in [0, 0.1) is 0 Å². The lowest BCUT2D eigenvalue weighted by Gasteiger charge is -2.03.